The molecule has 1 aromatic heterocycles. The Hall–Kier alpha value is -1.10. The third-order valence-corrected chi connectivity index (χ3v) is 6.62. The van der Waals surface area contributed by atoms with Crippen molar-refractivity contribution in [3.8, 4) is 0 Å². The van der Waals surface area contributed by atoms with Crippen LogP contribution in [0.4, 0.5) is 5.13 Å². The number of nitrogens with one attached hydrogen (secondary N) is 2. The van der Waals surface area contributed by atoms with Crippen LogP contribution in [0.5, 0.6) is 0 Å². The van der Waals surface area contributed by atoms with E-state index in [2.05, 4.69) is 20.8 Å². The summed E-state index contributed by atoms with van der Waals surface area (Å²) in [4.78, 5) is 10.9. The molecule has 2 aliphatic rings. The van der Waals surface area contributed by atoms with Crippen molar-refractivity contribution in [2.75, 3.05) is 31.5 Å². The van der Waals surface area contributed by atoms with Gasteiger partial charge in [0.2, 0.25) is 15.4 Å². The summed E-state index contributed by atoms with van der Waals surface area (Å²) >= 11 is 0.884. The normalized spacial score (nSPS) is 26.6. The lowest BCUT2D eigenvalue weighted by Crippen LogP contribution is -2.31. The molecule has 2 saturated heterocycles. The molecule has 3 heterocycles. The SMILES string of the molecule is CC(=O)Nc1nnc(S(=O)(=O)N2CC3CNCC3C2)s1. The van der Waals surface area contributed by atoms with E-state index in [4.69, 9.17) is 0 Å². The van der Waals surface area contributed by atoms with Crippen molar-refractivity contribution >= 4 is 32.4 Å². The second kappa shape index (κ2) is 5.02. The lowest BCUT2D eigenvalue weighted by Gasteiger charge is -2.14. The summed E-state index contributed by atoms with van der Waals surface area (Å²) in [6.07, 6.45) is 0. The van der Waals surface area contributed by atoms with E-state index in [1.165, 1.54) is 11.2 Å². The molecule has 20 heavy (non-hydrogen) atoms. The van der Waals surface area contributed by atoms with Gasteiger partial charge in [-0.2, -0.15) is 4.31 Å². The van der Waals surface area contributed by atoms with Gasteiger partial charge in [0.05, 0.1) is 0 Å². The Morgan fingerprint density at radius 2 is 2.00 bits per heavy atom. The number of fused-ring (bicyclic) bond motifs is 1. The Bertz CT molecular complexity index is 617. The van der Waals surface area contributed by atoms with Gasteiger partial charge in [-0.15, -0.1) is 10.2 Å². The maximum absolute atomic E-state index is 12.5. The van der Waals surface area contributed by atoms with Crippen LogP contribution >= 0.6 is 11.3 Å². The van der Waals surface area contributed by atoms with Crippen LogP contribution in [0.1, 0.15) is 6.92 Å². The van der Waals surface area contributed by atoms with Crippen LogP contribution in [0.2, 0.25) is 0 Å². The number of rotatable bonds is 3. The molecule has 8 nitrogen and oxygen atoms in total. The van der Waals surface area contributed by atoms with Gasteiger partial charge in [0, 0.05) is 20.0 Å². The molecule has 0 saturated carbocycles. The molecule has 0 radical (unpaired) electrons. The summed E-state index contributed by atoms with van der Waals surface area (Å²) in [6, 6.07) is 0. The Kier molecular flexibility index (Phi) is 3.48. The van der Waals surface area contributed by atoms with Gasteiger partial charge in [-0.1, -0.05) is 11.3 Å². The molecule has 110 valence electrons. The zero-order valence-electron chi connectivity index (χ0n) is 10.9. The molecule has 2 unspecified atom stereocenters. The van der Waals surface area contributed by atoms with E-state index in [0.717, 1.165) is 24.4 Å². The highest BCUT2D eigenvalue weighted by molar-refractivity contribution is 7.91. The number of carbonyl (C=O) groups is 1. The fourth-order valence-electron chi connectivity index (χ4n) is 2.63. The van der Waals surface area contributed by atoms with E-state index < -0.39 is 10.0 Å². The van der Waals surface area contributed by atoms with Crippen molar-refractivity contribution in [3.05, 3.63) is 0 Å². The smallest absolute Gasteiger partial charge is 0.272 e. The quantitative estimate of drug-likeness (QED) is 0.717. The Balaban J connectivity index is 1.78. The lowest BCUT2D eigenvalue weighted by molar-refractivity contribution is -0.114. The molecule has 2 atom stereocenters. The Morgan fingerprint density at radius 3 is 2.60 bits per heavy atom. The molecule has 2 N–H and O–H groups in total. The van der Waals surface area contributed by atoms with Crippen LogP contribution in [0, 0.1) is 11.8 Å². The van der Waals surface area contributed by atoms with E-state index in [-0.39, 0.29) is 15.4 Å². The van der Waals surface area contributed by atoms with Crippen LogP contribution in [0.15, 0.2) is 4.34 Å². The van der Waals surface area contributed by atoms with Crippen molar-refractivity contribution in [3.63, 3.8) is 0 Å². The minimum absolute atomic E-state index is 0.0609. The van der Waals surface area contributed by atoms with E-state index in [0.29, 0.717) is 24.9 Å². The zero-order valence-corrected chi connectivity index (χ0v) is 12.5. The fourth-order valence-corrected chi connectivity index (χ4v) is 5.27. The zero-order chi connectivity index (χ0) is 14.3. The standard InChI is InChI=1S/C10H15N5O3S2/c1-6(16)12-9-13-14-10(19-9)20(17,18)15-4-7-2-11-3-8(7)5-15/h7-8,11H,2-5H2,1H3,(H,12,13,16). The maximum atomic E-state index is 12.5. The molecule has 0 spiro atoms. The van der Waals surface area contributed by atoms with Gasteiger partial charge in [-0.05, 0) is 24.9 Å². The van der Waals surface area contributed by atoms with Crippen LogP contribution in [-0.4, -0.2) is 55.0 Å². The van der Waals surface area contributed by atoms with Crippen molar-refractivity contribution in [2.45, 2.75) is 11.3 Å². The molecule has 3 rings (SSSR count). The van der Waals surface area contributed by atoms with Crippen molar-refractivity contribution in [1.29, 1.82) is 0 Å². The Labute approximate surface area is 120 Å². The van der Waals surface area contributed by atoms with Crippen LogP contribution in [0.3, 0.4) is 0 Å². The molecule has 2 fully saturated rings. The first-order valence-electron chi connectivity index (χ1n) is 6.29. The summed E-state index contributed by atoms with van der Waals surface area (Å²) in [5.41, 5.74) is 0. The number of carbonyl (C=O) groups excluding carboxylic acids is 1. The van der Waals surface area contributed by atoms with Crippen molar-refractivity contribution < 1.29 is 13.2 Å². The predicted molar refractivity (Wildman–Crippen MR) is 72.8 cm³/mol. The van der Waals surface area contributed by atoms with Crippen LogP contribution in [-0.2, 0) is 14.8 Å². The molecule has 0 aliphatic carbocycles. The minimum atomic E-state index is -3.60. The molecule has 1 aromatic rings. The number of aromatic nitrogens is 2. The highest BCUT2D eigenvalue weighted by Gasteiger charge is 2.42. The van der Waals surface area contributed by atoms with E-state index in [1.54, 1.807) is 0 Å². The first kappa shape index (κ1) is 13.9. The highest BCUT2D eigenvalue weighted by atomic mass is 32.2. The van der Waals surface area contributed by atoms with E-state index >= 15 is 0 Å². The highest BCUT2D eigenvalue weighted by Crippen LogP contribution is 2.32. The average molecular weight is 317 g/mol. The maximum Gasteiger partial charge on any atom is 0.272 e. The summed E-state index contributed by atoms with van der Waals surface area (Å²) < 4.78 is 26.3. The Morgan fingerprint density at radius 1 is 1.35 bits per heavy atom. The van der Waals surface area contributed by atoms with Gasteiger partial charge in [-0.3, -0.25) is 4.79 Å². The largest absolute Gasteiger partial charge is 0.316 e. The van der Waals surface area contributed by atoms with E-state index in [9.17, 15) is 13.2 Å². The fraction of sp³-hybridized carbons (Fsp3) is 0.700. The summed E-state index contributed by atoms with van der Waals surface area (Å²) in [6.45, 7) is 4.11. The van der Waals surface area contributed by atoms with Crippen molar-refractivity contribution in [1.82, 2.24) is 19.8 Å². The predicted octanol–water partition coefficient (Wildman–Crippen LogP) is -0.664. The summed E-state index contributed by atoms with van der Waals surface area (Å²) in [7, 11) is -3.60. The number of nitrogens with zero attached hydrogens (tertiary/aromatic N) is 3. The second-order valence-corrected chi connectivity index (χ2v) is 8.14. The monoisotopic (exact) mass is 317 g/mol. The van der Waals surface area contributed by atoms with Gasteiger partial charge < -0.3 is 10.6 Å². The van der Waals surface area contributed by atoms with Gasteiger partial charge in [0.15, 0.2) is 0 Å². The minimum Gasteiger partial charge on any atom is -0.316 e. The average Bonchev–Trinajstić information content (AvgIpc) is 3.00. The number of hydrogen-bond acceptors (Lipinski definition) is 7. The van der Waals surface area contributed by atoms with Crippen LogP contribution < -0.4 is 10.6 Å². The molecule has 2 aliphatic heterocycles. The number of sulfonamides is 1. The topological polar surface area (TPSA) is 104 Å². The number of hydrogen-bond donors (Lipinski definition) is 2. The first-order valence-corrected chi connectivity index (χ1v) is 8.54. The van der Waals surface area contributed by atoms with Crippen molar-refractivity contribution in [2.24, 2.45) is 11.8 Å². The second-order valence-electron chi connectivity index (χ2n) is 5.05. The summed E-state index contributed by atoms with van der Waals surface area (Å²) in [5, 5.41) is 13.3. The third-order valence-electron chi connectivity index (χ3n) is 3.61. The molecule has 1 amide bonds. The first-order chi connectivity index (χ1) is 9.46. The number of anilines is 1. The molecular weight excluding hydrogens is 302 g/mol. The molecule has 0 aromatic carbocycles. The van der Waals surface area contributed by atoms with Gasteiger partial charge >= 0.3 is 0 Å². The number of amides is 1. The molecule has 0 bridgehead atoms. The van der Waals surface area contributed by atoms with E-state index in [1.807, 2.05) is 0 Å². The van der Waals surface area contributed by atoms with Gasteiger partial charge in [0.25, 0.3) is 10.0 Å². The van der Waals surface area contributed by atoms with Gasteiger partial charge in [0.1, 0.15) is 0 Å². The van der Waals surface area contributed by atoms with Gasteiger partial charge in [-0.25, -0.2) is 8.42 Å². The van der Waals surface area contributed by atoms with Crippen LogP contribution in [0.25, 0.3) is 0 Å². The summed E-state index contributed by atoms with van der Waals surface area (Å²) in [5.74, 6) is 0.465. The lowest BCUT2D eigenvalue weighted by atomic mass is 10.0. The third kappa shape index (κ3) is 2.43. The molecule has 10 heteroatoms. The molecular formula is C10H15N5O3S2.